The van der Waals surface area contributed by atoms with Crippen molar-refractivity contribution >= 4 is 5.69 Å². The van der Waals surface area contributed by atoms with Crippen molar-refractivity contribution in [3.8, 4) is 17.7 Å². The number of rotatable bonds is 3. The van der Waals surface area contributed by atoms with Crippen LogP contribution in [-0.4, -0.2) is 14.9 Å². The fourth-order valence-corrected chi connectivity index (χ4v) is 1.30. The van der Waals surface area contributed by atoms with E-state index in [1.54, 1.807) is 6.07 Å². The van der Waals surface area contributed by atoms with Crippen molar-refractivity contribution in [3.63, 3.8) is 0 Å². The zero-order chi connectivity index (χ0) is 13.8. The van der Waals surface area contributed by atoms with E-state index in [-0.39, 0.29) is 17.3 Å². The second-order valence-corrected chi connectivity index (χ2v) is 3.29. The molecule has 0 aliphatic carbocycles. The maximum atomic E-state index is 13.0. The summed E-state index contributed by atoms with van der Waals surface area (Å²) in [5.74, 6) is -1.16. The minimum Gasteiger partial charge on any atom is -0.429 e. The summed E-state index contributed by atoms with van der Waals surface area (Å²) < 4.78 is 18.1. The lowest BCUT2D eigenvalue weighted by molar-refractivity contribution is -0.385. The van der Waals surface area contributed by atoms with E-state index in [9.17, 15) is 14.5 Å². The minimum absolute atomic E-state index is 0.124. The van der Waals surface area contributed by atoms with E-state index < -0.39 is 16.4 Å². The topological polar surface area (TPSA) is 102 Å². The van der Waals surface area contributed by atoms with Crippen molar-refractivity contribution < 1.29 is 14.1 Å². The standard InChI is InChI=1S/C11H5FN4O3/c12-7-1-2-10(9(5-7)16(17)18)19-11-8(6-13)14-3-4-15-11/h1-5H. The van der Waals surface area contributed by atoms with Crippen LogP contribution in [0.1, 0.15) is 5.69 Å². The molecule has 2 rings (SSSR count). The molecule has 94 valence electrons. The second kappa shape index (κ2) is 5.05. The van der Waals surface area contributed by atoms with Crippen molar-refractivity contribution in [3.05, 3.63) is 52.2 Å². The van der Waals surface area contributed by atoms with Crippen LogP contribution in [-0.2, 0) is 0 Å². The summed E-state index contributed by atoms with van der Waals surface area (Å²) in [5.41, 5.74) is -0.685. The van der Waals surface area contributed by atoms with E-state index >= 15 is 0 Å². The molecule has 1 heterocycles. The molecule has 0 unspecified atom stereocenters. The largest absolute Gasteiger partial charge is 0.429 e. The number of ether oxygens (including phenoxy) is 1. The average molecular weight is 260 g/mol. The van der Waals surface area contributed by atoms with Crippen LogP contribution in [0.15, 0.2) is 30.6 Å². The molecule has 0 radical (unpaired) electrons. The number of nitriles is 1. The first-order chi connectivity index (χ1) is 9.11. The smallest absolute Gasteiger partial charge is 0.314 e. The van der Waals surface area contributed by atoms with Gasteiger partial charge in [-0.3, -0.25) is 10.1 Å². The quantitative estimate of drug-likeness (QED) is 0.619. The van der Waals surface area contributed by atoms with E-state index in [1.807, 2.05) is 0 Å². The third-order valence-electron chi connectivity index (χ3n) is 2.09. The Bertz CT molecular complexity index is 684. The first kappa shape index (κ1) is 12.4. The van der Waals surface area contributed by atoms with Gasteiger partial charge in [-0.15, -0.1) is 0 Å². The van der Waals surface area contributed by atoms with Crippen molar-refractivity contribution in [2.24, 2.45) is 0 Å². The van der Waals surface area contributed by atoms with Crippen LogP contribution in [0.25, 0.3) is 0 Å². The van der Waals surface area contributed by atoms with Crippen LogP contribution in [0.2, 0.25) is 0 Å². The molecule has 8 heteroatoms. The highest BCUT2D eigenvalue weighted by Crippen LogP contribution is 2.31. The first-order valence-corrected chi connectivity index (χ1v) is 4.94. The number of hydrogen-bond acceptors (Lipinski definition) is 6. The molecule has 1 aromatic heterocycles. The number of aromatic nitrogens is 2. The molecule has 7 nitrogen and oxygen atoms in total. The van der Waals surface area contributed by atoms with Crippen LogP contribution in [0.4, 0.5) is 10.1 Å². The van der Waals surface area contributed by atoms with Crippen LogP contribution in [0.5, 0.6) is 11.6 Å². The van der Waals surface area contributed by atoms with Gasteiger partial charge in [-0.2, -0.15) is 5.26 Å². The monoisotopic (exact) mass is 260 g/mol. The molecule has 0 aliphatic heterocycles. The SMILES string of the molecule is N#Cc1nccnc1Oc1ccc(F)cc1[N+](=O)[O-]. The molecule has 2 aromatic rings. The lowest BCUT2D eigenvalue weighted by Crippen LogP contribution is -1.98. The number of nitro groups is 1. The van der Waals surface area contributed by atoms with Crippen molar-refractivity contribution in [1.82, 2.24) is 9.97 Å². The molecule has 1 aromatic carbocycles. The lowest BCUT2D eigenvalue weighted by atomic mass is 10.3. The Kier molecular flexibility index (Phi) is 3.29. The number of halogens is 1. The van der Waals surface area contributed by atoms with Crippen molar-refractivity contribution in [1.29, 1.82) is 5.26 Å². The normalized spacial score (nSPS) is 9.68. The van der Waals surface area contributed by atoms with Gasteiger partial charge >= 0.3 is 5.69 Å². The highest BCUT2D eigenvalue weighted by molar-refractivity contribution is 5.48. The van der Waals surface area contributed by atoms with Gasteiger partial charge in [0, 0.05) is 12.4 Å². The maximum Gasteiger partial charge on any atom is 0.314 e. The van der Waals surface area contributed by atoms with Gasteiger partial charge in [0.15, 0.2) is 0 Å². The minimum atomic E-state index is -0.791. The summed E-state index contributed by atoms with van der Waals surface area (Å²) in [6.45, 7) is 0. The van der Waals surface area contributed by atoms with Crippen LogP contribution in [0.3, 0.4) is 0 Å². The van der Waals surface area contributed by atoms with Gasteiger partial charge in [0.2, 0.25) is 11.4 Å². The van der Waals surface area contributed by atoms with Crippen molar-refractivity contribution in [2.75, 3.05) is 0 Å². The van der Waals surface area contributed by atoms with Crippen LogP contribution in [0, 0.1) is 27.3 Å². The molecule has 0 spiro atoms. The molecule has 0 atom stereocenters. The predicted molar refractivity (Wildman–Crippen MR) is 59.9 cm³/mol. The van der Waals surface area contributed by atoms with E-state index in [2.05, 4.69) is 9.97 Å². The van der Waals surface area contributed by atoms with Crippen LogP contribution < -0.4 is 4.74 Å². The predicted octanol–water partition coefficient (Wildman–Crippen LogP) is 2.19. The fraction of sp³-hybridized carbons (Fsp3) is 0. The Morgan fingerprint density at radius 1 is 1.37 bits per heavy atom. The highest BCUT2D eigenvalue weighted by Gasteiger charge is 2.19. The van der Waals surface area contributed by atoms with E-state index in [0.717, 1.165) is 18.2 Å². The Morgan fingerprint density at radius 2 is 2.11 bits per heavy atom. The molecule has 0 bridgehead atoms. The summed E-state index contributed by atoms with van der Waals surface area (Å²) in [6.07, 6.45) is 2.55. The summed E-state index contributed by atoms with van der Waals surface area (Å²) in [4.78, 5) is 17.4. The molecule has 0 N–H and O–H groups in total. The zero-order valence-electron chi connectivity index (χ0n) is 9.28. The number of nitro benzene ring substituents is 1. The van der Waals surface area contributed by atoms with Gasteiger partial charge in [-0.1, -0.05) is 0 Å². The number of hydrogen-bond donors (Lipinski definition) is 0. The third kappa shape index (κ3) is 2.61. The molecule has 0 saturated heterocycles. The summed E-state index contributed by atoms with van der Waals surface area (Å²) in [6, 6.07) is 4.54. The Morgan fingerprint density at radius 3 is 2.79 bits per heavy atom. The van der Waals surface area contributed by atoms with Gasteiger partial charge in [0.05, 0.1) is 11.0 Å². The van der Waals surface area contributed by atoms with Gasteiger partial charge < -0.3 is 4.74 Å². The van der Waals surface area contributed by atoms with E-state index in [4.69, 9.17) is 10.00 Å². The van der Waals surface area contributed by atoms with Crippen molar-refractivity contribution in [2.45, 2.75) is 0 Å². The Hall–Kier alpha value is -3.08. The molecular weight excluding hydrogens is 255 g/mol. The zero-order valence-corrected chi connectivity index (χ0v) is 9.28. The van der Waals surface area contributed by atoms with Gasteiger partial charge in [0.25, 0.3) is 5.88 Å². The fourth-order valence-electron chi connectivity index (χ4n) is 1.30. The molecule has 19 heavy (non-hydrogen) atoms. The molecule has 0 saturated carbocycles. The van der Waals surface area contributed by atoms with E-state index in [0.29, 0.717) is 0 Å². The average Bonchev–Trinajstić information content (AvgIpc) is 2.41. The summed E-state index contributed by atoms with van der Waals surface area (Å²) in [7, 11) is 0. The second-order valence-electron chi connectivity index (χ2n) is 3.29. The molecule has 0 aliphatic rings. The lowest BCUT2D eigenvalue weighted by Gasteiger charge is -2.05. The van der Waals surface area contributed by atoms with E-state index in [1.165, 1.54) is 12.4 Å². The van der Waals surface area contributed by atoms with Gasteiger partial charge in [-0.25, -0.2) is 14.4 Å². The number of benzene rings is 1. The van der Waals surface area contributed by atoms with Crippen LogP contribution >= 0.6 is 0 Å². The summed E-state index contributed by atoms with van der Waals surface area (Å²) in [5, 5.41) is 19.6. The Labute approximate surface area is 106 Å². The molecular formula is C11H5FN4O3. The number of nitrogens with zero attached hydrogens (tertiary/aromatic N) is 4. The molecule has 0 amide bonds. The first-order valence-electron chi connectivity index (χ1n) is 4.94. The molecule has 0 fully saturated rings. The Balaban J connectivity index is 2.44. The summed E-state index contributed by atoms with van der Waals surface area (Å²) >= 11 is 0. The third-order valence-corrected chi connectivity index (χ3v) is 2.09. The maximum absolute atomic E-state index is 13.0. The highest BCUT2D eigenvalue weighted by atomic mass is 19.1. The van der Waals surface area contributed by atoms with Gasteiger partial charge in [0.1, 0.15) is 11.9 Å². The van der Waals surface area contributed by atoms with Gasteiger partial charge in [-0.05, 0) is 12.1 Å².